The van der Waals surface area contributed by atoms with Gasteiger partial charge in [-0.1, -0.05) is 39.2 Å². The lowest BCUT2D eigenvalue weighted by atomic mass is 10.0. The van der Waals surface area contributed by atoms with Crippen LogP contribution in [-0.2, 0) is 9.09 Å². The average Bonchev–Trinajstić information content (AvgIpc) is 2.26. The summed E-state index contributed by atoms with van der Waals surface area (Å²) in [5, 5.41) is 0. The molecule has 0 saturated heterocycles. The van der Waals surface area contributed by atoms with Crippen molar-refractivity contribution in [2.75, 3.05) is 12.8 Å². The lowest BCUT2D eigenvalue weighted by Gasteiger charge is -2.09. The molecule has 2 unspecified atom stereocenters. The van der Waals surface area contributed by atoms with Crippen LogP contribution >= 0.6 is 8.03 Å². The third-order valence-electron chi connectivity index (χ3n) is 2.51. The van der Waals surface area contributed by atoms with E-state index in [1.54, 1.807) is 6.08 Å². The summed E-state index contributed by atoms with van der Waals surface area (Å²) < 4.78 is 16.7. The fraction of sp³-hybridized carbons (Fsp3) is 0.833. The van der Waals surface area contributed by atoms with Gasteiger partial charge in [-0.15, -0.1) is 11.1 Å². The van der Waals surface area contributed by atoms with Crippen LogP contribution in [0.5, 0.6) is 0 Å². The highest BCUT2D eigenvalue weighted by Gasteiger charge is 2.18. The van der Waals surface area contributed by atoms with Gasteiger partial charge in [-0.05, 0) is 16.9 Å². The molecule has 0 aromatic carbocycles. The molecular weight excluding hydrogens is 207 g/mol. The molecule has 0 amide bonds. The first-order valence-corrected chi connectivity index (χ1v) is 7.29. The summed E-state index contributed by atoms with van der Waals surface area (Å²) in [6.07, 6.45) is 7.95. The minimum absolute atomic E-state index is 0.577. The van der Waals surface area contributed by atoms with E-state index in [2.05, 4.69) is 20.4 Å². The molecule has 3 heteroatoms. The van der Waals surface area contributed by atoms with Crippen LogP contribution in [0.15, 0.2) is 12.7 Å². The van der Waals surface area contributed by atoms with Crippen LogP contribution < -0.4 is 0 Å². The van der Waals surface area contributed by atoms with Crippen LogP contribution in [0.4, 0.5) is 0 Å². The first kappa shape index (κ1) is 14.8. The maximum absolute atomic E-state index is 11.4. The largest absolute Gasteiger partial charge is 0.508 e. The van der Waals surface area contributed by atoms with E-state index in [1.165, 1.54) is 19.3 Å². The molecule has 0 aliphatic rings. The Morgan fingerprint density at radius 3 is 2.73 bits per heavy atom. The standard InChI is InChI=1S/C12H24O2P/c1-4-7-9-12(6-3)11-14-15(13)10-8-5-2/h5,12H,2,4,6-11H2,1,3H3/q+1. The van der Waals surface area contributed by atoms with Crippen molar-refractivity contribution >= 4 is 8.03 Å². The Balaban J connectivity index is 3.59. The Kier molecular flexibility index (Phi) is 10.2. The van der Waals surface area contributed by atoms with Gasteiger partial charge in [0, 0.05) is 6.42 Å². The van der Waals surface area contributed by atoms with Crippen LogP contribution in [0, 0.1) is 5.92 Å². The molecule has 0 aliphatic heterocycles. The molecule has 15 heavy (non-hydrogen) atoms. The Labute approximate surface area is 95.0 Å². The second kappa shape index (κ2) is 10.3. The van der Waals surface area contributed by atoms with Gasteiger partial charge in [0.15, 0.2) is 6.16 Å². The first-order valence-electron chi connectivity index (χ1n) is 5.93. The van der Waals surface area contributed by atoms with Crippen LogP contribution in [0.1, 0.15) is 46.0 Å². The lowest BCUT2D eigenvalue weighted by molar-refractivity contribution is 0.244. The zero-order valence-corrected chi connectivity index (χ0v) is 11.0. The number of hydrogen-bond acceptors (Lipinski definition) is 2. The molecule has 0 spiro atoms. The summed E-state index contributed by atoms with van der Waals surface area (Å²) in [6.45, 7) is 8.62. The summed E-state index contributed by atoms with van der Waals surface area (Å²) in [6, 6.07) is 0. The second-order valence-corrected chi connectivity index (χ2v) is 5.22. The maximum Gasteiger partial charge on any atom is 0.508 e. The van der Waals surface area contributed by atoms with Gasteiger partial charge in [0.2, 0.25) is 0 Å². The highest BCUT2D eigenvalue weighted by Crippen LogP contribution is 2.26. The van der Waals surface area contributed by atoms with Gasteiger partial charge in [-0.3, -0.25) is 0 Å². The fourth-order valence-corrected chi connectivity index (χ4v) is 2.25. The number of unbranched alkanes of at least 4 members (excludes halogenated alkanes) is 1. The van der Waals surface area contributed by atoms with Crippen molar-refractivity contribution in [2.24, 2.45) is 5.92 Å². The van der Waals surface area contributed by atoms with Crippen LogP contribution in [-0.4, -0.2) is 12.8 Å². The molecule has 88 valence electrons. The van der Waals surface area contributed by atoms with Crippen molar-refractivity contribution in [1.29, 1.82) is 0 Å². The Morgan fingerprint density at radius 1 is 1.47 bits per heavy atom. The molecule has 0 rings (SSSR count). The smallest absolute Gasteiger partial charge is 0.146 e. The summed E-state index contributed by atoms with van der Waals surface area (Å²) >= 11 is 0. The van der Waals surface area contributed by atoms with Crippen molar-refractivity contribution in [3.8, 4) is 0 Å². The van der Waals surface area contributed by atoms with E-state index in [9.17, 15) is 4.57 Å². The third-order valence-corrected chi connectivity index (χ3v) is 3.57. The molecule has 0 N–H and O–H groups in total. The highest BCUT2D eigenvalue weighted by atomic mass is 31.1. The fourth-order valence-electron chi connectivity index (χ4n) is 1.35. The van der Waals surface area contributed by atoms with E-state index >= 15 is 0 Å². The SMILES string of the molecule is C=CCC[P+](=O)OCC(CC)CCCC. The predicted molar refractivity (Wildman–Crippen MR) is 66.5 cm³/mol. The van der Waals surface area contributed by atoms with Crippen molar-refractivity contribution < 1.29 is 9.09 Å². The molecule has 0 aliphatic carbocycles. The van der Waals surface area contributed by atoms with E-state index in [4.69, 9.17) is 4.52 Å². The van der Waals surface area contributed by atoms with Gasteiger partial charge in [0.1, 0.15) is 6.61 Å². The molecule has 2 atom stereocenters. The van der Waals surface area contributed by atoms with Crippen LogP contribution in [0.3, 0.4) is 0 Å². The Bertz CT molecular complexity index is 180. The molecule has 0 saturated carbocycles. The average molecular weight is 231 g/mol. The summed E-state index contributed by atoms with van der Waals surface area (Å²) in [7, 11) is -1.46. The highest BCUT2D eigenvalue weighted by molar-refractivity contribution is 7.39. The molecule has 0 aromatic rings. The third kappa shape index (κ3) is 8.77. The van der Waals surface area contributed by atoms with Crippen LogP contribution in [0.25, 0.3) is 0 Å². The first-order chi connectivity index (χ1) is 7.24. The van der Waals surface area contributed by atoms with Gasteiger partial charge in [0.05, 0.1) is 0 Å². The number of rotatable bonds is 10. The molecule has 2 nitrogen and oxygen atoms in total. The maximum atomic E-state index is 11.4. The quantitative estimate of drug-likeness (QED) is 0.407. The minimum Gasteiger partial charge on any atom is -0.146 e. The molecular formula is C12H24O2P+. The van der Waals surface area contributed by atoms with Gasteiger partial charge in [0.25, 0.3) is 0 Å². The van der Waals surface area contributed by atoms with E-state index < -0.39 is 8.03 Å². The van der Waals surface area contributed by atoms with Gasteiger partial charge < -0.3 is 0 Å². The second-order valence-electron chi connectivity index (χ2n) is 3.85. The normalized spacial score (nSPS) is 13.6. The molecule has 0 aromatic heterocycles. The molecule has 0 bridgehead atoms. The van der Waals surface area contributed by atoms with Crippen molar-refractivity contribution in [3.63, 3.8) is 0 Å². The van der Waals surface area contributed by atoms with Gasteiger partial charge in [-0.2, -0.15) is 0 Å². The van der Waals surface area contributed by atoms with Gasteiger partial charge in [-0.25, -0.2) is 0 Å². The Hall–Kier alpha value is -0.200. The lowest BCUT2D eigenvalue weighted by Crippen LogP contribution is -2.06. The molecule has 0 heterocycles. The summed E-state index contributed by atoms with van der Waals surface area (Å²) in [5.74, 6) is 0.577. The monoisotopic (exact) mass is 231 g/mol. The molecule has 0 fully saturated rings. The zero-order valence-electron chi connectivity index (χ0n) is 10.1. The minimum atomic E-state index is -1.46. The van der Waals surface area contributed by atoms with E-state index in [1.807, 2.05) is 0 Å². The Morgan fingerprint density at radius 2 is 2.20 bits per heavy atom. The van der Waals surface area contributed by atoms with Crippen molar-refractivity contribution in [1.82, 2.24) is 0 Å². The van der Waals surface area contributed by atoms with E-state index in [0.29, 0.717) is 18.7 Å². The summed E-state index contributed by atoms with van der Waals surface area (Å²) in [4.78, 5) is 0. The van der Waals surface area contributed by atoms with E-state index in [-0.39, 0.29) is 0 Å². The molecule has 0 radical (unpaired) electrons. The zero-order chi connectivity index (χ0) is 11.5. The number of allylic oxidation sites excluding steroid dienone is 1. The van der Waals surface area contributed by atoms with Crippen LogP contribution in [0.2, 0.25) is 0 Å². The predicted octanol–water partition coefficient (Wildman–Crippen LogP) is 4.54. The van der Waals surface area contributed by atoms with E-state index in [0.717, 1.165) is 12.8 Å². The summed E-state index contributed by atoms with van der Waals surface area (Å²) in [5.41, 5.74) is 0. The van der Waals surface area contributed by atoms with Crippen molar-refractivity contribution in [2.45, 2.75) is 46.0 Å². The van der Waals surface area contributed by atoms with Gasteiger partial charge >= 0.3 is 8.03 Å². The number of hydrogen-bond donors (Lipinski definition) is 0. The topological polar surface area (TPSA) is 26.3 Å². The van der Waals surface area contributed by atoms with Crippen molar-refractivity contribution in [3.05, 3.63) is 12.7 Å².